The minimum absolute atomic E-state index is 1.04. The minimum atomic E-state index is -1.70. The summed E-state index contributed by atoms with van der Waals surface area (Å²) in [6, 6.07) is 8.75. The van der Waals surface area contributed by atoms with Gasteiger partial charge in [0, 0.05) is 0 Å². The zero-order chi connectivity index (χ0) is 9.90. The van der Waals surface area contributed by atoms with Gasteiger partial charge in [0.1, 0.15) is 0 Å². The molecule has 74 valence electrons. The summed E-state index contributed by atoms with van der Waals surface area (Å²) in [5.74, 6) is 0. The van der Waals surface area contributed by atoms with Gasteiger partial charge < -0.3 is 0 Å². The van der Waals surface area contributed by atoms with E-state index < -0.39 is 9.23 Å². The Hall–Kier alpha value is 1.18. The third kappa shape index (κ3) is 3.67. The van der Waals surface area contributed by atoms with Crippen LogP contribution in [0.2, 0.25) is 5.32 Å². The number of benzene rings is 1. The molecule has 0 radical (unpaired) electrons. The van der Waals surface area contributed by atoms with Gasteiger partial charge in [0.25, 0.3) is 0 Å². The Bertz CT molecular complexity index is 269. The van der Waals surface area contributed by atoms with Gasteiger partial charge in [-0.15, -0.1) is 0 Å². The molecule has 0 amide bonds. The van der Waals surface area contributed by atoms with E-state index in [1.807, 2.05) is 0 Å². The Labute approximate surface area is 104 Å². The van der Waals surface area contributed by atoms with E-state index in [1.54, 1.807) is 0 Å². The quantitative estimate of drug-likeness (QED) is 0.498. The van der Waals surface area contributed by atoms with E-state index in [1.165, 1.54) is 15.3 Å². The van der Waals surface area contributed by atoms with Crippen LogP contribution in [0.4, 0.5) is 0 Å². The first kappa shape index (κ1) is 12.3. The van der Waals surface area contributed by atoms with Crippen molar-refractivity contribution in [3.63, 3.8) is 0 Å². The molecule has 0 bridgehead atoms. The van der Waals surface area contributed by atoms with Gasteiger partial charge in [-0.05, 0) is 0 Å². The third-order valence-electron chi connectivity index (χ3n) is 1.70. The van der Waals surface area contributed by atoms with Crippen molar-refractivity contribution < 1.29 is 0 Å². The van der Waals surface area contributed by atoms with Crippen LogP contribution in [0.1, 0.15) is 5.56 Å². The van der Waals surface area contributed by atoms with Crippen molar-refractivity contribution in [3.05, 3.63) is 29.8 Å². The summed E-state index contributed by atoms with van der Waals surface area (Å²) in [5.41, 5.74) is 1.32. The first-order valence-electron chi connectivity index (χ1n) is 3.89. The van der Waals surface area contributed by atoms with Crippen molar-refractivity contribution in [1.29, 1.82) is 0 Å². The number of hydrogen-bond donors (Lipinski definition) is 0. The molecular formula is C9H11Br3Se. The normalized spacial score (nSPS) is 12.9. The summed E-state index contributed by atoms with van der Waals surface area (Å²) >= 11 is 11.1. The van der Waals surface area contributed by atoms with Crippen LogP contribution in [0.5, 0.6) is 0 Å². The second kappa shape index (κ2) is 5.31. The number of aryl methyl sites for hydroxylation is 1. The van der Waals surface area contributed by atoms with E-state index in [0.717, 1.165) is 5.33 Å². The summed E-state index contributed by atoms with van der Waals surface area (Å²) in [6.45, 7) is 2.11. The van der Waals surface area contributed by atoms with Gasteiger partial charge in [0.15, 0.2) is 0 Å². The van der Waals surface area contributed by atoms with E-state index in [4.69, 9.17) is 0 Å². The van der Waals surface area contributed by atoms with Crippen LogP contribution in [0, 0.1) is 6.92 Å². The molecule has 0 saturated heterocycles. The number of hydrogen-bond acceptors (Lipinski definition) is 0. The van der Waals surface area contributed by atoms with Crippen LogP contribution in [0.3, 0.4) is 0 Å². The van der Waals surface area contributed by atoms with Crippen molar-refractivity contribution in [2.45, 2.75) is 12.2 Å². The Kier molecular flexibility index (Phi) is 5.01. The third-order valence-corrected chi connectivity index (χ3v) is 14.0. The SMILES string of the molecule is Cc1ccc([Se](Br)(Br)CCBr)cc1. The Morgan fingerprint density at radius 2 is 1.69 bits per heavy atom. The van der Waals surface area contributed by atoms with Gasteiger partial charge in [-0.25, -0.2) is 0 Å². The molecule has 0 saturated carbocycles. The molecular weight excluding hydrogens is 427 g/mol. The number of halogens is 3. The predicted molar refractivity (Wildman–Crippen MR) is 73.0 cm³/mol. The Balaban J connectivity index is 2.87. The molecule has 1 rings (SSSR count). The number of rotatable bonds is 3. The molecule has 0 spiro atoms. The topological polar surface area (TPSA) is 0 Å². The molecule has 0 aromatic heterocycles. The van der Waals surface area contributed by atoms with Crippen LogP contribution in [0.25, 0.3) is 0 Å². The van der Waals surface area contributed by atoms with E-state index in [-0.39, 0.29) is 0 Å². The molecule has 0 heterocycles. The number of alkyl halides is 1. The van der Waals surface area contributed by atoms with E-state index in [2.05, 4.69) is 75.3 Å². The fourth-order valence-corrected chi connectivity index (χ4v) is 13.9. The van der Waals surface area contributed by atoms with Crippen molar-refractivity contribution in [3.8, 4) is 0 Å². The summed E-state index contributed by atoms with van der Waals surface area (Å²) in [5, 5.41) is 2.21. The first-order valence-corrected chi connectivity index (χ1v) is 15.1. The average molecular weight is 438 g/mol. The molecule has 0 fully saturated rings. The Morgan fingerprint density at radius 3 is 2.15 bits per heavy atom. The van der Waals surface area contributed by atoms with Crippen LogP contribution in [0.15, 0.2) is 24.3 Å². The summed E-state index contributed by atoms with van der Waals surface area (Å²) < 4.78 is 1.42. The average Bonchev–Trinajstić information content (AvgIpc) is 2.05. The zero-order valence-corrected chi connectivity index (χ0v) is 13.7. The molecule has 0 unspecified atom stereocenters. The van der Waals surface area contributed by atoms with Gasteiger partial charge in [-0.2, -0.15) is 0 Å². The van der Waals surface area contributed by atoms with Gasteiger partial charge in [0.2, 0.25) is 0 Å². The van der Waals surface area contributed by atoms with Crippen molar-refractivity contribution >= 4 is 57.8 Å². The molecule has 0 nitrogen and oxygen atoms in total. The van der Waals surface area contributed by atoms with Gasteiger partial charge in [-0.1, -0.05) is 0 Å². The second-order valence-corrected chi connectivity index (χ2v) is 23.8. The second-order valence-electron chi connectivity index (χ2n) is 2.78. The molecule has 0 aliphatic rings. The molecule has 0 atom stereocenters. The van der Waals surface area contributed by atoms with Crippen LogP contribution in [-0.4, -0.2) is 14.6 Å². The Morgan fingerprint density at radius 1 is 1.15 bits per heavy atom. The van der Waals surface area contributed by atoms with Gasteiger partial charge in [0.05, 0.1) is 0 Å². The summed E-state index contributed by atoms with van der Waals surface area (Å²) in [6.07, 6.45) is 0. The summed E-state index contributed by atoms with van der Waals surface area (Å²) in [7, 11) is -1.70. The van der Waals surface area contributed by atoms with Crippen molar-refractivity contribution in [2.75, 3.05) is 5.33 Å². The molecule has 0 aliphatic carbocycles. The van der Waals surface area contributed by atoms with E-state index >= 15 is 0 Å². The van der Waals surface area contributed by atoms with Gasteiger partial charge in [-0.3, -0.25) is 0 Å². The maximum absolute atomic E-state index is 3.82. The van der Waals surface area contributed by atoms with E-state index in [0.29, 0.717) is 0 Å². The van der Waals surface area contributed by atoms with Gasteiger partial charge >= 0.3 is 105 Å². The molecule has 4 heteroatoms. The monoisotopic (exact) mass is 436 g/mol. The van der Waals surface area contributed by atoms with Crippen molar-refractivity contribution in [2.24, 2.45) is 0 Å². The predicted octanol–water partition coefficient (Wildman–Crippen LogP) is 3.83. The molecule has 1 aromatic carbocycles. The molecule has 13 heavy (non-hydrogen) atoms. The van der Waals surface area contributed by atoms with Crippen molar-refractivity contribution in [1.82, 2.24) is 0 Å². The standard InChI is InChI=1S/C9H11Br3Se/c1-8-2-4-9(5-3-8)13(11,12)7-6-10/h2-5H,6-7H2,1H3. The van der Waals surface area contributed by atoms with Crippen LogP contribution >= 0.6 is 44.2 Å². The fourth-order valence-electron chi connectivity index (χ4n) is 0.952. The molecule has 0 N–H and O–H groups in total. The maximum atomic E-state index is 3.82. The molecule has 1 aromatic rings. The molecule has 0 aliphatic heterocycles. The zero-order valence-electron chi connectivity index (χ0n) is 7.27. The van der Waals surface area contributed by atoms with Crippen LogP contribution in [-0.2, 0) is 0 Å². The van der Waals surface area contributed by atoms with E-state index in [9.17, 15) is 0 Å². The summed E-state index contributed by atoms with van der Waals surface area (Å²) in [4.78, 5) is 0. The fraction of sp³-hybridized carbons (Fsp3) is 0.333. The van der Waals surface area contributed by atoms with Crippen LogP contribution < -0.4 is 4.46 Å². The first-order chi connectivity index (χ1) is 6.06.